The molecule has 0 aromatic carbocycles. The summed E-state index contributed by atoms with van der Waals surface area (Å²) >= 11 is 0. The van der Waals surface area contributed by atoms with E-state index in [0.717, 1.165) is 12.8 Å². The number of urea groups is 1. The van der Waals surface area contributed by atoms with E-state index in [1.54, 1.807) is 14.0 Å². The largest absolute Gasteiger partial charge is 0.342 e. The van der Waals surface area contributed by atoms with Crippen molar-refractivity contribution >= 4 is 17.8 Å². The molecule has 2 saturated heterocycles. The van der Waals surface area contributed by atoms with Gasteiger partial charge >= 0.3 is 6.03 Å². The number of amides is 4. The number of nitrogens with zero attached hydrogens (tertiary/aromatic N) is 2. The minimum Gasteiger partial charge on any atom is -0.342 e. The third-order valence-electron chi connectivity index (χ3n) is 6.19. The number of likely N-dealkylation sites (tertiary alicyclic amines) is 1. The second kappa shape index (κ2) is 9.32. The molecule has 3 N–H and O–H groups in total. The van der Waals surface area contributed by atoms with Gasteiger partial charge in [0.2, 0.25) is 11.8 Å². The number of hydrogen-bond acceptors (Lipinski definition) is 4. The summed E-state index contributed by atoms with van der Waals surface area (Å²) in [6.45, 7) is 13.8. The van der Waals surface area contributed by atoms with Crippen LogP contribution in [0.4, 0.5) is 4.79 Å². The van der Waals surface area contributed by atoms with Crippen LogP contribution in [0.1, 0.15) is 54.4 Å². The molecule has 166 valence electrons. The minimum absolute atomic E-state index is 0.0175. The highest BCUT2D eigenvalue weighted by Crippen LogP contribution is 2.27. The number of carbonyl (C=O) groups is 3. The van der Waals surface area contributed by atoms with E-state index in [4.69, 9.17) is 0 Å². The molecule has 0 saturated carbocycles. The van der Waals surface area contributed by atoms with Crippen LogP contribution >= 0.6 is 0 Å². The maximum absolute atomic E-state index is 13.5. The van der Waals surface area contributed by atoms with Crippen LogP contribution in [0.3, 0.4) is 0 Å². The van der Waals surface area contributed by atoms with E-state index in [1.165, 1.54) is 0 Å². The number of rotatable bonds is 7. The summed E-state index contributed by atoms with van der Waals surface area (Å²) in [6.07, 6.45) is 1.79. The van der Waals surface area contributed by atoms with Crippen molar-refractivity contribution in [1.29, 1.82) is 0 Å². The monoisotopic (exact) mass is 409 g/mol. The molecule has 8 heteroatoms. The van der Waals surface area contributed by atoms with Gasteiger partial charge in [-0.25, -0.2) is 4.79 Å². The van der Waals surface area contributed by atoms with Crippen LogP contribution in [0.5, 0.6) is 0 Å². The predicted molar refractivity (Wildman–Crippen MR) is 113 cm³/mol. The molecule has 0 aliphatic carbocycles. The summed E-state index contributed by atoms with van der Waals surface area (Å²) in [6, 6.07) is -0.904. The maximum atomic E-state index is 13.5. The molecule has 1 unspecified atom stereocenters. The number of hydrogen-bond donors (Lipinski definition) is 3. The molecule has 4 atom stereocenters. The van der Waals surface area contributed by atoms with Gasteiger partial charge in [0.15, 0.2) is 0 Å². The second-order valence-electron chi connectivity index (χ2n) is 9.80. The maximum Gasteiger partial charge on any atom is 0.317 e. The van der Waals surface area contributed by atoms with Gasteiger partial charge in [0.1, 0.15) is 6.04 Å². The van der Waals surface area contributed by atoms with Crippen LogP contribution in [0.2, 0.25) is 0 Å². The van der Waals surface area contributed by atoms with Crippen molar-refractivity contribution in [3.63, 3.8) is 0 Å². The van der Waals surface area contributed by atoms with E-state index in [2.05, 4.69) is 29.8 Å². The third kappa shape index (κ3) is 5.41. The summed E-state index contributed by atoms with van der Waals surface area (Å²) in [5.41, 5.74) is -0.418. The first-order valence-corrected chi connectivity index (χ1v) is 10.8. The Morgan fingerprint density at radius 2 is 1.90 bits per heavy atom. The zero-order valence-electron chi connectivity index (χ0n) is 19.0. The first-order chi connectivity index (χ1) is 13.5. The van der Waals surface area contributed by atoms with Gasteiger partial charge in [-0.3, -0.25) is 9.59 Å². The molecule has 0 aromatic heterocycles. The lowest BCUT2D eigenvalue weighted by molar-refractivity contribution is -0.140. The first kappa shape index (κ1) is 23.4. The Kier molecular flexibility index (Phi) is 7.54. The average molecular weight is 410 g/mol. The third-order valence-corrected chi connectivity index (χ3v) is 6.19. The highest BCUT2D eigenvalue weighted by Gasteiger charge is 2.42. The van der Waals surface area contributed by atoms with Crippen LogP contribution in [0.15, 0.2) is 0 Å². The Bertz CT molecular complexity index is 616. The molecule has 29 heavy (non-hydrogen) atoms. The van der Waals surface area contributed by atoms with Crippen LogP contribution in [-0.2, 0) is 9.59 Å². The molecule has 0 radical (unpaired) electrons. The number of likely N-dealkylation sites (N-methyl/N-ethyl adjacent to an activating group) is 1. The lowest BCUT2D eigenvalue weighted by Gasteiger charge is -2.38. The lowest BCUT2D eigenvalue weighted by Crippen LogP contribution is -2.59. The van der Waals surface area contributed by atoms with E-state index in [0.29, 0.717) is 25.6 Å². The van der Waals surface area contributed by atoms with Gasteiger partial charge in [-0.1, -0.05) is 34.6 Å². The molecule has 2 aliphatic heterocycles. The summed E-state index contributed by atoms with van der Waals surface area (Å²) in [5.74, 6) is 0.108. The van der Waals surface area contributed by atoms with Gasteiger partial charge < -0.3 is 25.8 Å². The zero-order chi connectivity index (χ0) is 21.9. The molecule has 0 spiro atoms. The van der Waals surface area contributed by atoms with E-state index < -0.39 is 11.5 Å². The Morgan fingerprint density at radius 1 is 1.24 bits per heavy atom. The topological polar surface area (TPSA) is 93.8 Å². The van der Waals surface area contributed by atoms with Crippen molar-refractivity contribution in [2.75, 3.05) is 26.7 Å². The Balaban J connectivity index is 2.15. The van der Waals surface area contributed by atoms with Crippen LogP contribution in [0.25, 0.3) is 0 Å². The molecule has 0 aromatic rings. The quantitative estimate of drug-likeness (QED) is 0.588. The SMILES string of the molecule is CN[C@@H](C)C(=O)N[C@H](C(=O)N1CCC[C@H]1CN1C(=O)NCC1C(C)C)C(C)(C)C. The summed E-state index contributed by atoms with van der Waals surface area (Å²) < 4.78 is 0. The Labute approximate surface area is 175 Å². The Morgan fingerprint density at radius 3 is 2.45 bits per heavy atom. The normalized spacial score (nSPS) is 24.6. The molecule has 2 fully saturated rings. The molecular weight excluding hydrogens is 370 g/mol. The van der Waals surface area contributed by atoms with E-state index in [9.17, 15) is 14.4 Å². The van der Waals surface area contributed by atoms with E-state index >= 15 is 0 Å². The molecule has 2 heterocycles. The molecule has 4 amide bonds. The average Bonchev–Trinajstić information content (AvgIpc) is 3.24. The second-order valence-corrected chi connectivity index (χ2v) is 9.80. The summed E-state index contributed by atoms with van der Waals surface area (Å²) in [7, 11) is 1.72. The van der Waals surface area contributed by atoms with Gasteiger partial charge in [0.05, 0.1) is 12.1 Å². The molecular formula is C21H39N5O3. The zero-order valence-corrected chi connectivity index (χ0v) is 19.0. The van der Waals surface area contributed by atoms with Crippen LogP contribution < -0.4 is 16.0 Å². The number of carbonyl (C=O) groups excluding carboxylic acids is 3. The standard InChI is InChI=1S/C21H39N5O3/c1-13(2)16-11-23-20(29)26(16)12-15-9-8-10-25(15)19(28)17(21(4,5)6)24-18(27)14(3)22-7/h13-17,22H,8-12H2,1-7H3,(H,23,29)(H,24,27)/t14-,15-,16?,17+/m0/s1. The fourth-order valence-electron chi connectivity index (χ4n) is 4.12. The van der Waals surface area contributed by atoms with Crippen molar-refractivity contribution in [3.05, 3.63) is 0 Å². The van der Waals surface area contributed by atoms with Crippen molar-refractivity contribution in [1.82, 2.24) is 25.8 Å². The molecule has 0 bridgehead atoms. The highest BCUT2D eigenvalue weighted by atomic mass is 16.2. The van der Waals surface area contributed by atoms with Crippen molar-refractivity contribution in [3.8, 4) is 0 Å². The lowest BCUT2D eigenvalue weighted by atomic mass is 9.85. The van der Waals surface area contributed by atoms with Gasteiger partial charge in [-0.05, 0) is 38.1 Å². The van der Waals surface area contributed by atoms with Gasteiger partial charge in [0, 0.05) is 25.7 Å². The fourth-order valence-corrected chi connectivity index (χ4v) is 4.12. The van der Waals surface area contributed by atoms with Gasteiger partial charge in [-0.2, -0.15) is 0 Å². The van der Waals surface area contributed by atoms with Crippen molar-refractivity contribution in [2.45, 2.75) is 78.6 Å². The molecule has 2 rings (SSSR count). The molecule has 2 aliphatic rings. The van der Waals surface area contributed by atoms with Crippen molar-refractivity contribution < 1.29 is 14.4 Å². The van der Waals surface area contributed by atoms with Crippen LogP contribution in [-0.4, -0.2) is 78.5 Å². The summed E-state index contributed by atoms with van der Waals surface area (Å²) in [4.78, 5) is 42.1. The van der Waals surface area contributed by atoms with Gasteiger partial charge in [0.25, 0.3) is 0 Å². The minimum atomic E-state index is -0.611. The Hall–Kier alpha value is -1.83. The van der Waals surface area contributed by atoms with E-state index in [-0.39, 0.29) is 36.0 Å². The van der Waals surface area contributed by atoms with Crippen molar-refractivity contribution in [2.24, 2.45) is 11.3 Å². The smallest absolute Gasteiger partial charge is 0.317 e. The summed E-state index contributed by atoms with van der Waals surface area (Å²) in [5, 5.41) is 8.80. The number of nitrogens with one attached hydrogen (secondary N) is 3. The highest BCUT2D eigenvalue weighted by molar-refractivity contribution is 5.90. The first-order valence-electron chi connectivity index (χ1n) is 10.8. The van der Waals surface area contributed by atoms with Gasteiger partial charge in [-0.15, -0.1) is 0 Å². The van der Waals surface area contributed by atoms with E-state index in [1.807, 2.05) is 30.6 Å². The van der Waals surface area contributed by atoms with Crippen LogP contribution in [0, 0.1) is 11.3 Å². The predicted octanol–water partition coefficient (Wildman–Crippen LogP) is 1.17. The fraction of sp³-hybridized carbons (Fsp3) is 0.857. The molecule has 8 nitrogen and oxygen atoms in total.